The molecule has 0 N–H and O–H groups in total. The minimum absolute atomic E-state index is 0.301. The van der Waals surface area contributed by atoms with Crippen LogP contribution in [0.4, 0.5) is 4.39 Å². The Balaban J connectivity index is 1.32. The molecule has 0 atom stereocenters. The molecule has 1 saturated carbocycles. The summed E-state index contributed by atoms with van der Waals surface area (Å²) in [5.74, 6) is 3.41. The molecule has 0 radical (unpaired) electrons. The van der Waals surface area contributed by atoms with Gasteiger partial charge in [-0.15, -0.1) is 10.2 Å². The summed E-state index contributed by atoms with van der Waals surface area (Å²) in [5, 5.41) is 13.5. The Morgan fingerprint density at radius 3 is 2.75 bits per heavy atom. The summed E-state index contributed by atoms with van der Waals surface area (Å²) in [6.45, 7) is 0.596. The Hall–Kier alpha value is -2.94. The van der Waals surface area contributed by atoms with Gasteiger partial charge in [-0.1, -0.05) is 16.9 Å². The van der Waals surface area contributed by atoms with Gasteiger partial charge < -0.3 is 8.94 Å². The van der Waals surface area contributed by atoms with Crippen LogP contribution in [0.25, 0.3) is 11.4 Å². The van der Waals surface area contributed by atoms with Crippen molar-refractivity contribution in [2.75, 3.05) is 0 Å². The Morgan fingerprint density at radius 1 is 1.14 bits per heavy atom. The molecule has 7 nitrogen and oxygen atoms in total. The Bertz CT molecular complexity index is 1070. The van der Waals surface area contributed by atoms with Crippen molar-refractivity contribution in [3.8, 4) is 11.4 Å². The molecule has 9 heteroatoms. The van der Waals surface area contributed by atoms with Gasteiger partial charge in [0.1, 0.15) is 17.4 Å². The second-order valence-corrected chi connectivity index (χ2v) is 7.53. The summed E-state index contributed by atoms with van der Waals surface area (Å²) in [6, 6.07) is 9.81. The monoisotopic (exact) mass is 397 g/mol. The highest BCUT2D eigenvalue weighted by Crippen LogP contribution is 2.40. The second kappa shape index (κ2) is 7.23. The number of hydrogen-bond acceptors (Lipinski definition) is 7. The number of thioether (sulfide) groups is 1. The van der Waals surface area contributed by atoms with Crippen molar-refractivity contribution in [2.24, 2.45) is 0 Å². The van der Waals surface area contributed by atoms with Crippen molar-refractivity contribution in [1.82, 2.24) is 24.9 Å². The Morgan fingerprint density at radius 2 is 2.00 bits per heavy atom. The average Bonchev–Trinajstić information content (AvgIpc) is 3.10. The van der Waals surface area contributed by atoms with Gasteiger partial charge in [-0.25, -0.2) is 4.39 Å². The third-order valence-electron chi connectivity index (χ3n) is 4.48. The Labute approximate surface area is 164 Å². The molecule has 3 aromatic heterocycles. The number of benzene rings is 1. The van der Waals surface area contributed by atoms with E-state index < -0.39 is 0 Å². The highest BCUT2D eigenvalue weighted by atomic mass is 32.2. The van der Waals surface area contributed by atoms with E-state index in [9.17, 15) is 4.39 Å². The van der Waals surface area contributed by atoms with Gasteiger partial charge in [0, 0.05) is 11.5 Å². The van der Waals surface area contributed by atoms with Crippen molar-refractivity contribution in [1.29, 1.82) is 0 Å². The predicted octanol–water partition coefficient (Wildman–Crippen LogP) is 4.28. The maximum Gasteiger partial charge on any atom is 0.237 e. The number of hydrogen-bond donors (Lipinski definition) is 0. The van der Waals surface area contributed by atoms with Crippen LogP contribution in [0, 0.1) is 5.82 Å². The number of rotatable bonds is 7. The van der Waals surface area contributed by atoms with E-state index in [1.54, 1.807) is 18.4 Å². The highest BCUT2D eigenvalue weighted by molar-refractivity contribution is 7.98. The van der Waals surface area contributed by atoms with Crippen LogP contribution in [-0.4, -0.2) is 24.9 Å². The topological polar surface area (TPSA) is 82.8 Å². The fourth-order valence-electron chi connectivity index (χ4n) is 2.91. The first kappa shape index (κ1) is 17.2. The van der Waals surface area contributed by atoms with Crippen LogP contribution in [0.15, 0.2) is 56.8 Å². The van der Waals surface area contributed by atoms with Crippen LogP contribution >= 0.6 is 11.8 Å². The van der Waals surface area contributed by atoms with Gasteiger partial charge in [0.05, 0.1) is 18.6 Å². The fourth-order valence-corrected chi connectivity index (χ4v) is 3.70. The molecule has 0 bridgehead atoms. The average molecular weight is 397 g/mol. The SMILES string of the molecule is Fc1ccc(-c2noc(CSc3nnc(C4CC4)n3Cc3ccco3)n2)cc1. The molecule has 0 spiro atoms. The molecule has 0 aliphatic heterocycles. The Kier molecular flexibility index (Phi) is 4.44. The molecule has 5 rings (SSSR count). The minimum atomic E-state index is -0.301. The second-order valence-electron chi connectivity index (χ2n) is 6.59. The number of halogens is 1. The summed E-state index contributed by atoms with van der Waals surface area (Å²) < 4.78 is 26.0. The molecule has 3 heterocycles. The molecule has 0 saturated heterocycles. The van der Waals surface area contributed by atoms with E-state index in [1.807, 2.05) is 12.1 Å². The van der Waals surface area contributed by atoms with Gasteiger partial charge >= 0.3 is 0 Å². The van der Waals surface area contributed by atoms with Crippen LogP contribution in [0.5, 0.6) is 0 Å². The van der Waals surface area contributed by atoms with Gasteiger partial charge in [-0.05, 0) is 49.2 Å². The first-order valence-electron chi connectivity index (χ1n) is 8.93. The minimum Gasteiger partial charge on any atom is -0.467 e. The first-order chi connectivity index (χ1) is 13.8. The summed E-state index contributed by atoms with van der Waals surface area (Å²) in [7, 11) is 0. The lowest BCUT2D eigenvalue weighted by Gasteiger charge is -2.07. The standard InChI is InChI=1S/C19H16FN5O2S/c20-14-7-5-12(6-8-14)17-21-16(27-24-17)11-28-19-23-22-18(13-3-4-13)25(19)10-15-2-1-9-26-15/h1-2,5-9,13H,3-4,10-11H2. The predicted molar refractivity (Wildman–Crippen MR) is 99.1 cm³/mol. The fraction of sp³-hybridized carbons (Fsp3) is 0.263. The molecule has 4 aromatic rings. The maximum absolute atomic E-state index is 13.1. The summed E-state index contributed by atoms with van der Waals surface area (Å²) in [6.07, 6.45) is 3.95. The van der Waals surface area contributed by atoms with Gasteiger partial charge in [0.2, 0.25) is 11.7 Å². The maximum atomic E-state index is 13.1. The smallest absolute Gasteiger partial charge is 0.237 e. The van der Waals surface area contributed by atoms with Crippen molar-refractivity contribution < 1.29 is 13.3 Å². The van der Waals surface area contributed by atoms with E-state index in [0.717, 1.165) is 29.6 Å². The first-order valence-corrected chi connectivity index (χ1v) is 9.91. The molecule has 142 valence electrons. The zero-order valence-corrected chi connectivity index (χ0v) is 15.6. The molecule has 1 aliphatic rings. The van der Waals surface area contributed by atoms with Gasteiger partial charge in [-0.3, -0.25) is 4.57 Å². The molecule has 0 unspecified atom stereocenters. The number of aromatic nitrogens is 5. The highest BCUT2D eigenvalue weighted by Gasteiger charge is 2.30. The van der Waals surface area contributed by atoms with Crippen LogP contribution in [0.2, 0.25) is 0 Å². The van der Waals surface area contributed by atoms with Gasteiger partial charge in [0.15, 0.2) is 5.16 Å². The van der Waals surface area contributed by atoms with Crippen molar-refractivity contribution in [3.05, 3.63) is 66.0 Å². The lowest BCUT2D eigenvalue weighted by atomic mass is 10.2. The molecule has 28 heavy (non-hydrogen) atoms. The van der Waals surface area contributed by atoms with E-state index in [2.05, 4.69) is 24.9 Å². The molecule has 1 aromatic carbocycles. The van der Waals surface area contributed by atoms with Gasteiger partial charge in [-0.2, -0.15) is 4.98 Å². The van der Waals surface area contributed by atoms with E-state index in [0.29, 0.717) is 35.5 Å². The molecule has 0 amide bonds. The summed E-state index contributed by atoms with van der Waals surface area (Å²) >= 11 is 1.49. The molecule has 1 fully saturated rings. The molecular formula is C19H16FN5O2S. The third kappa shape index (κ3) is 3.57. The zero-order chi connectivity index (χ0) is 18.9. The van der Waals surface area contributed by atoms with Crippen molar-refractivity contribution in [2.45, 2.75) is 36.2 Å². The molecular weight excluding hydrogens is 381 g/mol. The summed E-state index contributed by atoms with van der Waals surface area (Å²) in [4.78, 5) is 4.39. The van der Waals surface area contributed by atoms with E-state index >= 15 is 0 Å². The van der Waals surface area contributed by atoms with Crippen LogP contribution in [0.1, 0.15) is 36.2 Å². The van der Waals surface area contributed by atoms with Crippen LogP contribution in [-0.2, 0) is 12.3 Å². The lowest BCUT2D eigenvalue weighted by Crippen LogP contribution is -2.05. The largest absolute Gasteiger partial charge is 0.467 e. The van der Waals surface area contributed by atoms with Crippen LogP contribution in [0.3, 0.4) is 0 Å². The van der Waals surface area contributed by atoms with E-state index in [-0.39, 0.29) is 5.82 Å². The van der Waals surface area contributed by atoms with Crippen molar-refractivity contribution >= 4 is 11.8 Å². The third-order valence-corrected chi connectivity index (χ3v) is 5.43. The zero-order valence-electron chi connectivity index (χ0n) is 14.8. The van der Waals surface area contributed by atoms with E-state index in [1.165, 1.54) is 23.9 Å². The normalized spacial score (nSPS) is 13.9. The van der Waals surface area contributed by atoms with Gasteiger partial charge in [0.25, 0.3) is 0 Å². The number of furan rings is 1. The lowest BCUT2D eigenvalue weighted by molar-refractivity contribution is 0.391. The van der Waals surface area contributed by atoms with E-state index in [4.69, 9.17) is 8.94 Å². The molecule has 1 aliphatic carbocycles. The quantitative estimate of drug-likeness (QED) is 0.431. The summed E-state index contributed by atoms with van der Waals surface area (Å²) in [5.41, 5.74) is 0.707. The van der Waals surface area contributed by atoms with Crippen LogP contribution < -0.4 is 0 Å². The number of nitrogens with zero attached hydrogens (tertiary/aromatic N) is 5. The van der Waals surface area contributed by atoms with Crippen molar-refractivity contribution in [3.63, 3.8) is 0 Å².